The maximum Gasteiger partial charge on any atom is 0.339 e. The normalized spacial score (nSPS) is 17.0. The van der Waals surface area contributed by atoms with Crippen molar-refractivity contribution in [1.82, 2.24) is 4.90 Å². The molecular formula is C22H24ClFN2O3. The summed E-state index contributed by atoms with van der Waals surface area (Å²) in [7, 11) is 0. The number of rotatable bonds is 6. The molecule has 2 aromatic carbocycles. The van der Waals surface area contributed by atoms with E-state index in [9.17, 15) is 14.0 Å². The highest BCUT2D eigenvalue weighted by atomic mass is 35.5. The lowest BCUT2D eigenvalue weighted by Gasteiger charge is -2.32. The van der Waals surface area contributed by atoms with Gasteiger partial charge in [-0.15, -0.1) is 0 Å². The van der Waals surface area contributed by atoms with Crippen LogP contribution in [-0.4, -0.2) is 36.5 Å². The predicted molar refractivity (Wildman–Crippen MR) is 110 cm³/mol. The van der Waals surface area contributed by atoms with Crippen molar-refractivity contribution >= 4 is 29.2 Å². The smallest absolute Gasteiger partial charge is 0.339 e. The van der Waals surface area contributed by atoms with Gasteiger partial charge in [-0.25, -0.2) is 9.18 Å². The van der Waals surface area contributed by atoms with Crippen molar-refractivity contribution < 1.29 is 18.7 Å². The highest BCUT2D eigenvalue weighted by Gasteiger charge is 2.26. The molecule has 7 heteroatoms. The van der Waals surface area contributed by atoms with Crippen LogP contribution in [0.1, 0.15) is 35.7 Å². The van der Waals surface area contributed by atoms with Crippen molar-refractivity contribution in [2.45, 2.75) is 26.3 Å². The number of benzene rings is 2. The molecular weight excluding hydrogens is 395 g/mol. The fraction of sp³-hybridized carbons (Fsp3) is 0.364. The van der Waals surface area contributed by atoms with Gasteiger partial charge < -0.3 is 10.1 Å². The monoisotopic (exact) mass is 418 g/mol. The van der Waals surface area contributed by atoms with E-state index in [4.69, 9.17) is 16.3 Å². The standard InChI is InChI=1S/C22H24ClFN2O3/c1-2-29-22(28)19-12-18(9-10-20(19)23)25-21(27)16-4-3-11-26(14-16)13-15-5-7-17(24)8-6-15/h5-10,12,16H,2-4,11,13-14H2,1H3,(H,25,27). The van der Waals surface area contributed by atoms with Crippen LogP contribution in [0.5, 0.6) is 0 Å². The Kier molecular flexibility index (Phi) is 7.23. The highest BCUT2D eigenvalue weighted by molar-refractivity contribution is 6.33. The van der Waals surface area contributed by atoms with Crippen molar-refractivity contribution in [1.29, 1.82) is 0 Å². The first kappa shape index (κ1) is 21.3. The number of anilines is 1. The van der Waals surface area contributed by atoms with E-state index < -0.39 is 5.97 Å². The van der Waals surface area contributed by atoms with Gasteiger partial charge in [-0.1, -0.05) is 23.7 Å². The maximum atomic E-state index is 13.1. The Morgan fingerprint density at radius 2 is 2.00 bits per heavy atom. The molecule has 1 unspecified atom stereocenters. The van der Waals surface area contributed by atoms with Gasteiger partial charge in [-0.3, -0.25) is 9.69 Å². The zero-order valence-corrected chi connectivity index (χ0v) is 17.0. The minimum Gasteiger partial charge on any atom is -0.462 e. The number of hydrogen-bond acceptors (Lipinski definition) is 4. The van der Waals surface area contributed by atoms with Crippen LogP contribution in [0.2, 0.25) is 5.02 Å². The van der Waals surface area contributed by atoms with E-state index in [1.807, 2.05) is 0 Å². The van der Waals surface area contributed by atoms with Crippen molar-refractivity contribution in [3.63, 3.8) is 0 Å². The summed E-state index contributed by atoms with van der Waals surface area (Å²) in [5.74, 6) is -1.02. The molecule has 29 heavy (non-hydrogen) atoms. The van der Waals surface area contributed by atoms with Crippen LogP contribution in [-0.2, 0) is 16.1 Å². The molecule has 1 heterocycles. The average Bonchev–Trinajstić information content (AvgIpc) is 2.71. The van der Waals surface area contributed by atoms with Gasteiger partial charge >= 0.3 is 5.97 Å². The summed E-state index contributed by atoms with van der Waals surface area (Å²) in [5, 5.41) is 3.17. The summed E-state index contributed by atoms with van der Waals surface area (Å²) in [6.45, 7) is 4.17. The van der Waals surface area contributed by atoms with E-state index in [0.29, 0.717) is 18.8 Å². The van der Waals surface area contributed by atoms with Crippen LogP contribution >= 0.6 is 11.6 Å². The van der Waals surface area contributed by atoms with Gasteiger partial charge in [0.2, 0.25) is 5.91 Å². The van der Waals surface area contributed by atoms with E-state index in [0.717, 1.165) is 24.9 Å². The van der Waals surface area contributed by atoms with Crippen molar-refractivity contribution in [3.05, 3.63) is 64.4 Å². The first-order valence-corrected chi connectivity index (χ1v) is 10.1. The number of nitrogens with zero attached hydrogens (tertiary/aromatic N) is 1. The van der Waals surface area contributed by atoms with E-state index in [-0.39, 0.29) is 34.8 Å². The molecule has 0 bridgehead atoms. The zero-order valence-electron chi connectivity index (χ0n) is 16.3. The first-order chi connectivity index (χ1) is 14.0. The average molecular weight is 419 g/mol. The lowest BCUT2D eigenvalue weighted by atomic mass is 9.96. The molecule has 154 valence electrons. The van der Waals surface area contributed by atoms with Crippen molar-refractivity contribution in [2.75, 3.05) is 25.0 Å². The summed E-state index contributed by atoms with van der Waals surface area (Å²) >= 11 is 6.07. The minimum atomic E-state index is -0.517. The highest BCUT2D eigenvalue weighted by Crippen LogP contribution is 2.24. The number of ether oxygens (including phenoxy) is 1. The molecule has 0 radical (unpaired) electrons. The summed E-state index contributed by atoms with van der Waals surface area (Å²) in [5.41, 5.74) is 1.76. The molecule has 2 aromatic rings. The number of piperidine rings is 1. The second kappa shape index (κ2) is 9.85. The Labute approximate surface area is 174 Å². The molecule has 1 saturated heterocycles. The van der Waals surface area contributed by atoms with E-state index in [1.54, 1.807) is 31.2 Å². The van der Waals surface area contributed by atoms with E-state index >= 15 is 0 Å². The van der Waals surface area contributed by atoms with Gasteiger partial charge in [-0.05, 0) is 62.2 Å². The summed E-state index contributed by atoms with van der Waals surface area (Å²) in [4.78, 5) is 27.0. The second-order valence-corrected chi connectivity index (χ2v) is 7.51. The number of esters is 1. The quantitative estimate of drug-likeness (QED) is 0.701. The number of likely N-dealkylation sites (tertiary alicyclic amines) is 1. The molecule has 1 N–H and O–H groups in total. The Balaban J connectivity index is 1.62. The number of hydrogen-bond donors (Lipinski definition) is 1. The van der Waals surface area contributed by atoms with Crippen LogP contribution in [0.4, 0.5) is 10.1 Å². The van der Waals surface area contributed by atoms with Crippen molar-refractivity contribution in [2.24, 2.45) is 5.92 Å². The lowest BCUT2D eigenvalue weighted by Crippen LogP contribution is -2.40. The van der Waals surface area contributed by atoms with E-state index in [2.05, 4.69) is 10.2 Å². The number of carbonyl (C=O) groups is 2. The van der Waals surface area contributed by atoms with Crippen LogP contribution < -0.4 is 5.32 Å². The molecule has 0 spiro atoms. The first-order valence-electron chi connectivity index (χ1n) is 9.70. The third kappa shape index (κ3) is 5.78. The maximum absolute atomic E-state index is 13.1. The van der Waals surface area contributed by atoms with Crippen LogP contribution in [0.3, 0.4) is 0 Å². The lowest BCUT2D eigenvalue weighted by molar-refractivity contribution is -0.121. The Morgan fingerprint density at radius 3 is 2.72 bits per heavy atom. The molecule has 1 atom stereocenters. The van der Waals surface area contributed by atoms with E-state index in [1.165, 1.54) is 18.2 Å². The van der Waals surface area contributed by atoms with Gasteiger partial charge in [0.25, 0.3) is 0 Å². The molecule has 3 rings (SSSR count). The zero-order chi connectivity index (χ0) is 20.8. The fourth-order valence-electron chi connectivity index (χ4n) is 3.47. The third-order valence-electron chi connectivity index (χ3n) is 4.92. The van der Waals surface area contributed by atoms with Crippen LogP contribution in [0.15, 0.2) is 42.5 Å². The summed E-state index contributed by atoms with van der Waals surface area (Å²) in [6.07, 6.45) is 1.71. The minimum absolute atomic E-state index is 0.0917. The largest absolute Gasteiger partial charge is 0.462 e. The predicted octanol–water partition coefficient (Wildman–Crippen LogP) is 4.51. The van der Waals surface area contributed by atoms with Crippen LogP contribution in [0.25, 0.3) is 0 Å². The van der Waals surface area contributed by atoms with Gasteiger partial charge in [0.15, 0.2) is 0 Å². The molecule has 0 aliphatic carbocycles. The number of nitrogens with one attached hydrogen (secondary N) is 1. The summed E-state index contributed by atoms with van der Waals surface area (Å²) in [6, 6.07) is 11.2. The molecule has 0 aromatic heterocycles. The SMILES string of the molecule is CCOC(=O)c1cc(NC(=O)C2CCCN(Cc3ccc(F)cc3)C2)ccc1Cl. The summed E-state index contributed by atoms with van der Waals surface area (Å²) < 4.78 is 18.1. The molecule has 1 amide bonds. The topological polar surface area (TPSA) is 58.6 Å². The van der Waals surface area contributed by atoms with Crippen molar-refractivity contribution in [3.8, 4) is 0 Å². The number of carbonyl (C=O) groups excluding carboxylic acids is 2. The van der Waals surface area contributed by atoms with Gasteiger partial charge in [0, 0.05) is 18.8 Å². The fourth-order valence-corrected chi connectivity index (χ4v) is 3.67. The van der Waals surface area contributed by atoms with Gasteiger partial charge in [0.1, 0.15) is 5.82 Å². The molecule has 1 aliphatic heterocycles. The molecule has 1 aliphatic rings. The second-order valence-electron chi connectivity index (χ2n) is 7.11. The number of amides is 1. The van der Waals surface area contributed by atoms with Crippen LogP contribution in [0, 0.1) is 11.7 Å². The Morgan fingerprint density at radius 1 is 1.24 bits per heavy atom. The molecule has 0 saturated carbocycles. The molecule has 1 fully saturated rings. The van der Waals surface area contributed by atoms with Gasteiger partial charge in [0.05, 0.1) is 23.1 Å². The van der Waals surface area contributed by atoms with Gasteiger partial charge in [-0.2, -0.15) is 0 Å². The number of halogens is 2. The Bertz CT molecular complexity index is 873. The Hall–Kier alpha value is -2.44. The molecule has 5 nitrogen and oxygen atoms in total. The third-order valence-corrected chi connectivity index (χ3v) is 5.25.